The van der Waals surface area contributed by atoms with Crippen LogP contribution in [0.15, 0.2) is 24.5 Å². The molecule has 0 saturated heterocycles. The average Bonchev–Trinajstić information content (AvgIpc) is 2.90. The zero-order valence-electron chi connectivity index (χ0n) is 12.3. The Labute approximate surface area is 129 Å². The first-order valence-corrected chi connectivity index (χ1v) is 7.50. The molecule has 0 aliphatic rings. The van der Waals surface area contributed by atoms with E-state index < -0.39 is 0 Å². The smallest absolute Gasteiger partial charge is 0.145 e. The van der Waals surface area contributed by atoms with Gasteiger partial charge in [0.05, 0.1) is 5.02 Å². The van der Waals surface area contributed by atoms with Gasteiger partial charge in [-0.15, -0.1) is 0 Å². The second-order valence-corrected chi connectivity index (χ2v) is 5.41. The normalized spacial score (nSPS) is 12.6. The van der Waals surface area contributed by atoms with Crippen molar-refractivity contribution in [2.24, 2.45) is 0 Å². The van der Waals surface area contributed by atoms with Gasteiger partial charge in [-0.3, -0.25) is 4.68 Å². The lowest BCUT2D eigenvalue weighted by atomic mass is 10.0. The third-order valence-corrected chi connectivity index (χ3v) is 3.76. The van der Waals surface area contributed by atoms with E-state index in [-0.39, 0.29) is 16.9 Å². The summed E-state index contributed by atoms with van der Waals surface area (Å²) in [5.41, 5.74) is 0.614. The largest absolute Gasteiger partial charge is 0.316 e. The van der Waals surface area contributed by atoms with Crippen LogP contribution in [0.4, 0.5) is 4.39 Å². The van der Waals surface area contributed by atoms with Crippen molar-refractivity contribution in [3.8, 4) is 0 Å². The summed E-state index contributed by atoms with van der Waals surface area (Å²) in [6.07, 6.45) is 3.82. The molecule has 114 valence electrons. The van der Waals surface area contributed by atoms with Gasteiger partial charge in [0, 0.05) is 19.0 Å². The van der Waals surface area contributed by atoms with E-state index in [0.717, 1.165) is 18.8 Å². The highest BCUT2D eigenvalue weighted by Crippen LogP contribution is 2.19. The second-order valence-electron chi connectivity index (χ2n) is 5.01. The summed E-state index contributed by atoms with van der Waals surface area (Å²) in [5, 5.41) is 7.59. The minimum Gasteiger partial charge on any atom is -0.316 e. The molecule has 1 aromatic heterocycles. The van der Waals surface area contributed by atoms with Crippen molar-refractivity contribution in [3.05, 3.63) is 46.8 Å². The first kappa shape index (κ1) is 15.9. The number of halogens is 2. The summed E-state index contributed by atoms with van der Waals surface area (Å²) in [6.45, 7) is 2.94. The highest BCUT2D eigenvalue weighted by Gasteiger charge is 2.16. The summed E-state index contributed by atoms with van der Waals surface area (Å²) in [4.78, 5) is 4.30. The fourth-order valence-corrected chi connectivity index (χ4v) is 2.51. The minimum atomic E-state index is -0.338. The van der Waals surface area contributed by atoms with Crippen molar-refractivity contribution in [3.63, 3.8) is 0 Å². The Kier molecular flexibility index (Phi) is 5.70. The van der Waals surface area contributed by atoms with Gasteiger partial charge in [-0.2, -0.15) is 5.10 Å². The third-order valence-electron chi connectivity index (χ3n) is 3.47. The van der Waals surface area contributed by atoms with Crippen LogP contribution in [-0.4, -0.2) is 27.9 Å². The lowest BCUT2D eigenvalue weighted by Crippen LogP contribution is -2.31. The zero-order chi connectivity index (χ0) is 15.2. The molecule has 2 aromatic rings. The number of nitrogens with zero attached hydrogens (tertiary/aromatic N) is 3. The van der Waals surface area contributed by atoms with Crippen molar-refractivity contribution in [2.75, 3.05) is 7.05 Å². The van der Waals surface area contributed by atoms with Crippen LogP contribution in [0.3, 0.4) is 0 Å². The lowest BCUT2D eigenvalue weighted by Gasteiger charge is -2.17. The van der Waals surface area contributed by atoms with Gasteiger partial charge >= 0.3 is 0 Å². The molecule has 0 amide bonds. The molecule has 1 unspecified atom stereocenters. The Morgan fingerprint density at radius 2 is 2.19 bits per heavy atom. The molecule has 1 atom stereocenters. The Morgan fingerprint density at radius 3 is 2.90 bits per heavy atom. The third kappa shape index (κ3) is 4.02. The molecular formula is C15H20ClFN4. The topological polar surface area (TPSA) is 42.7 Å². The Morgan fingerprint density at radius 1 is 1.38 bits per heavy atom. The van der Waals surface area contributed by atoms with Crippen LogP contribution in [0.5, 0.6) is 0 Å². The molecule has 1 N–H and O–H groups in total. The van der Waals surface area contributed by atoms with Crippen LogP contribution in [0.1, 0.15) is 24.7 Å². The Hall–Kier alpha value is -1.46. The first-order valence-electron chi connectivity index (χ1n) is 7.12. The van der Waals surface area contributed by atoms with Crippen LogP contribution in [0.25, 0.3) is 0 Å². The predicted molar refractivity (Wildman–Crippen MR) is 82.0 cm³/mol. The van der Waals surface area contributed by atoms with Crippen LogP contribution in [0.2, 0.25) is 5.02 Å². The van der Waals surface area contributed by atoms with E-state index in [9.17, 15) is 4.39 Å². The van der Waals surface area contributed by atoms with Gasteiger partial charge in [-0.25, -0.2) is 9.37 Å². The number of nitrogens with one attached hydrogen (secondary N) is 1. The summed E-state index contributed by atoms with van der Waals surface area (Å²) in [7, 11) is 1.87. The predicted octanol–water partition coefficient (Wildman–Crippen LogP) is 2.85. The molecule has 0 aliphatic carbocycles. The number of hydrogen-bond acceptors (Lipinski definition) is 3. The van der Waals surface area contributed by atoms with Crippen molar-refractivity contribution in [1.82, 2.24) is 20.1 Å². The minimum absolute atomic E-state index is 0.0813. The molecule has 0 aliphatic heterocycles. The van der Waals surface area contributed by atoms with Gasteiger partial charge in [0.25, 0.3) is 0 Å². The summed E-state index contributed by atoms with van der Waals surface area (Å²) >= 11 is 5.83. The number of likely N-dealkylation sites (N-methyl/N-ethyl adjacent to an activating group) is 1. The molecule has 21 heavy (non-hydrogen) atoms. The van der Waals surface area contributed by atoms with Crippen LogP contribution in [0, 0.1) is 5.82 Å². The van der Waals surface area contributed by atoms with E-state index in [4.69, 9.17) is 11.6 Å². The number of hydrogen-bond donors (Lipinski definition) is 1. The van der Waals surface area contributed by atoms with Crippen molar-refractivity contribution in [1.29, 1.82) is 0 Å². The van der Waals surface area contributed by atoms with Crippen molar-refractivity contribution >= 4 is 11.6 Å². The van der Waals surface area contributed by atoms with E-state index in [1.807, 2.05) is 11.7 Å². The Bertz CT molecular complexity index is 585. The SMILES string of the molecule is CCCn1ncnc1CC(Cc1cccc(Cl)c1F)NC. The fraction of sp³-hybridized carbons (Fsp3) is 0.467. The summed E-state index contributed by atoms with van der Waals surface area (Å²) in [5.74, 6) is 0.577. The van der Waals surface area contributed by atoms with E-state index in [1.54, 1.807) is 24.5 Å². The number of benzene rings is 1. The molecule has 2 rings (SSSR count). The highest BCUT2D eigenvalue weighted by molar-refractivity contribution is 6.30. The van der Waals surface area contributed by atoms with Gasteiger partial charge in [0.15, 0.2) is 0 Å². The molecular weight excluding hydrogens is 291 g/mol. The average molecular weight is 311 g/mol. The van der Waals surface area contributed by atoms with Gasteiger partial charge < -0.3 is 5.32 Å². The van der Waals surface area contributed by atoms with E-state index in [0.29, 0.717) is 18.4 Å². The number of rotatable bonds is 7. The van der Waals surface area contributed by atoms with E-state index >= 15 is 0 Å². The fourth-order valence-electron chi connectivity index (χ4n) is 2.31. The van der Waals surface area contributed by atoms with Crippen LogP contribution < -0.4 is 5.32 Å². The molecule has 1 aromatic carbocycles. The Balaban J connectivity index is 2.09. The monoisotopic (exact) mass is 310 g/mol. The standard InChI is InChI=1S/C15H20ClFN4/c1-3-7-21-14(19-10-20-21)9-12(18-2)8-11-5-4-6-13(16)15(11)17/h4-6,10,12,18H,3,7-9H2,1-2H3. The molecule has 0 fully saturated rings. The van der Waals surface area contributed by atoms with E-state index in [1.165, 1.54) is 0 Å². The maximum atomic E-state index is 14.0. The quantitative estimate of drug-likeness (QED) is 0.855. The first-order chi connectivity index (χ1) is 10.2. The molecule has 0 radical (unpaired) electrons. The maximum Gasteiger partial charge on any atom is 0.145 e. The number of aryl methyl sites for hydroxylation is 1. The summed E-state index contributed by atoms with van der Waals surface area (Å²) < 4.78 is 15.9. The van der Waals surface area contributed by atoms with Gasteiger partial charge in [-0.1, -0.05) is 30.7 Å². The van der Waals surface area contributed by atoms with Crippen LogP contribution in [-0.2, 0) is 19.4 Å². The zero-order valence-corrected chi connectivity index (χ0v) is 13.1. The van der Waals surface area contributed by atoms with E-state index in [2.05, 4.69) is 22.3 Å². The molecule has 0 bridgehead atoms. The van der Waals surface area contributed by atoms with Gasteiger partial charge in [0.2, 0.25) is 0 Å². The molecule has 0 saturated carbocycles. The maximum absolute atomic E-state index is 14.0. The lowest BCUT2D eigenvalue weighted by molar-refractivity contribution is 0.492. The molecule has 6 heteroatoms. The molecule has 1 heterocycles. The summed E-state index contributed by atoms with van der Waals surface area (Å²) in [6, 6.07) is 5.18. The highest BCUT2D eigenvalue weighted by atomic mass is 35.5. The van der Waals surface area contributed by atoms with Crippen molar-refractivity contribution < 1.29 is 4.39 Å². The van der Waals surface area contributed by atoms with Gasteiger partial charge in [0.1, 0.15) is 18.0 Å². The van der Waals surface area contributed by atoms with Gasteiger partial charge in [-0.05, 0) is 31.5 Å². The number of aromatic nitrogens is 3. The molecule has 0 spiro atoms. The van der Waals surface area contributed by atoms with Crippen LogP contribution >= 0.6 is 11.6 Å². The van der Waals surface area contributed by atoms with Crippen molar-refractivity contribution in [2.45, 2.75) is 38.8 Å². The second kappa shape index (κ2) is 7.52. The molecule has 4 nitrogen and oxygen atoms in total.